The highest BCUT2D eigenvalue weighted by molar-refractivity contribution is 6.33. The van der Waals surface area contributed by atoms with Gasteiger partial charge < -0.3 is 9.84 Å². The number of ether oxygens (including phenoxy) is 1. The van der Waals surface area contributed by atoms with Crippen LogP contribution in [-0.2, 0) is 12.8 Å². The first kappa shape index (κ1) is 24.7. The number of allylic oxidation sites excluding steroid dienone is 2. The van der Waals surface area contributed by atoms with Gasteiger partial charge in [-0.1, -0.05) is 17.7 Å². The third-order valence-corrected chi connectivity index (χ3v) is 5.95. The van der Waals surface area contributed by atoms with Crippen LogP contribution in [0.5, 0.6) is 5.75 Å². The number of alkyl halides is 3. The number of hydrogen-bond donors (Lipinski definition) is 1. The zero-order valence-corrected chi connectivity index (χ0v) is 18.7. The van der Waals surface area contributed by atoms with Gasteiger partial charge in [-0.25, -0.2) is 18.6 Å². The maximum Gasteiger partial charge on any atom is 0.416 e. The van der Waals surface area contributed by atoms with Crippen LogP contribution in [0.1, 0.15) is 52.1 Å². The van der Waals surface area contributed by atoms with E-state index in [2.05, 4.69) is 4.98 Å². The largest absolute Gasteiger partial charge is 0.488 e. The lowest BCUT2D eigenvalue weighted by Gasteiger charge is -2.17. The molecule has 0 bridgehead atoms. The summed E-state index contributed by atoms with van der Waals surface area (Å²) in [6.07, 6.45) is -3.26. The van der Waals surface area contributed by atoms with Gasteiger partial charge in [0.25, 0.3) is 0 Å². The lowest BCUT2D eigenvalue weighted by atomic mass is 9.96. The summed E-state index contributed by atoms with van der Waals surface area (Å²) in [4.78, 5) is 15.6. The first-order valence-electron chi connectivity index (χ1n) is 10.5. The van der Waals surface area contributed by atoms with Crippen LogP contribution in [0.2, 0.25) is 5.02 Å². The fraction of sp³-hybridized carbons (Fsp3) is 0.200. The lowest BCUT2D eigenvalue weighted by molar-refractivity contribution is -0.137. The molecule has 0 amide bonds. The van der Waals surface area contributed by atoms with Crippen LogP contribution in [0, 0.1) is 11.6 Å². The molecule has 0 radical (unpaired) electrons. The van der Waals surface area contributed by atoms with Crippen molar-refractivity contribution in [2.45, 2.75) is 32.0 Å². The van der Waals surface area contributed by atoms with Crippen molar-refractivity contribution < 1.29 is 36.6 Å². The number of pyridine rings is 1. The number of rotatable bonds is 6. The Morgan fingerprint density at radius 3 is 2.37 bits per heavy atom. The summed E-state index contributed by atoms with van der Waals surface area (Å²) in [5.41, 5.74) is -0.272. The Kier molecular flexibility index (Phi) is 6.80. The molecule has 4 rings (SSSR count). The van der Waals surface area contributed by atoms with Gasteiger partial charge in [-0.2, -0.15) is 13.2 Å². The standard InChI is InChI=1S/C25H17ClF5NO3/c26-18-8-9-21(32-23(18)24(33)34)15-4-1-3-14(15)16-11-13(25(29,30)31)7-10-22(16)35-12-17-19(27)5-2-6-20(17)28/h2,5-11H,1,3-4,12H2,(H,33,34). The molecule has 1 aliphatic carbocycles. The number of aromatic nitrogens is 1. The highest BCUT2D eigenvalue weighted by atomic mass is 35.5. The highest BCUT2D eigenvalue weighted by Gasteiger charge is 2.32. The van der Waals surface area contributed by atoms with E-state index in [9.17, 15) is 31.9 Å². The predicted molar refractivity (Wildman–Crippen MR) is 119 cm³/mol. The molecule has 182 valence electrons. The van der Waals surface area contributed by atoms with Gasteiger partial charge in [0.05, 0.1) is 21.8 Å². The van der Waals surface area contributed by atoms with Gasteiger partial charge in [0.15, 0.2) is 5.69 Å². The summed E-state index contributed by atoms with van der Waals surface area (Å²) in [7, 11) is 0. The molecule has 1 aliphatic rings. The smallest absolute Gasteiger partial charge is 0.416 e. The van der Waals surface area contributed by atoms with E-state index >= 15 is 0 Å². The van der Waals surface area contributed by atoms with Crippen molar-refractivity contribution in [1.29, 1.82) is 0 Å². The molecule has 0 saturated carbocycles. The molecule has 10 heteroatoms. The van der Waals surface area contributed by atoms with Gasteiger partial charge in [0, 0.05) is 5.56 Å². The third-order valence-electron chi connectivity index (χ3n) is 5.64. The number of aromatic carboxylic acids is 1. The van der Waals surface area contributed by atoms with Gasteiger partial charge in [-0.05, 0) is 72.9 Å². The summed E-state index contributed by atoms with van der Waals surface area (Å²) in [6, 6.07) is 9.02. The van der Waals surface area contributed by atoms with Gasteiger partial charge in [0.1, 0.15) is 24.0 Å². The Labute approximate surface area is 201 Å². The monoisotopic (exact) mass is 509 g/mol. The third kappa shape index (κ3) is 5.14. The van der Waals surface area contributed by atoms with Crippen LogP contribution in [0.3, 0.4) is 0 Å². The van der Waals surface area contributed by atoms with Crippen LogP contribution in [0.4, 0.5) is 22.0 Å². The summed E-state index contributed by atoms with van der Waals surface area (Å²) >= 11 is 5.91. The fourth-order valence-electron chi connectivity index (χ4n) is 3.97. The minimum absolute atomic E-state index is 0.00229. The molecule has 1 aromatic heterocycles. The van der Waals surface area contributed by atoms with Crippen molar-refractivity contribution in [3.05, 3.63) is 93.3 Å². The predicted octanol–water partition coefficient (Wildman–Crippen LogP) is 7.40. The Morgan fingerprint density at radius 1 is 1.03 bits per heavy atom. The minimum atomic E-state index is -4.64. The van der Waals surface area contributed by atoms with E-state index in [-0.39, 0.29) is 33.3 Å². The summed E-state index contributed by atoms with van der Waals surface area (Å²) in [5, 5.41) is 9.27. The summed E-state index contributed by atoms with van der Waals surface area (Å²) in [6.45, 7) is -0.540. The average Bonchev–Trinajstić information content (AvgIpc) is 3.28. The van der Waals surface area contributed by atoms with Crippen LogP contribution < -0.4 is 4.74 Å². The highest BCUT2D eigenvalue weighted by Crippen LogP contribution is 2.44. The molecule has 0 atom stereocenters. The van der Waals surface area contributed by atoms with Gasteiger partial charge in [-0.3, -0.25) is 0 Å². The Morgan fingerprint density at radius 2 is 1.71 bits per heavy atom. The fourth-order valence-corrected chi connectivity index (χ4v) is 4.16. The second-order valence-corrected chi connectivity index (χ2v) is 8.25. The number of halogens is 6. The molecule has 1 N–H and O–H groups in total. The zero-order valence-electron chi connectivity index (χ0n) is 17.9. The Bertz CT molecular complexity index is 1320. The van der Waals surface area contributed by atoms with Crippen molar-refractivity contribution >= 4 is 28.7 Å². The van der Waals surface area contributed by atoms with Gasteiger partial charge in [-0.15, -0.1) is 0 Å². The molecule has 35 heavy (non-hydrogen) atoms. The second-order valence-electron chi connectivity index (χ2n) is 7.84. The number of carboxylic acids is 1. The van der Waals surface area contributed by atoms with E-state index in [1.807, 2.05) is 0 Å². The van der Waals surface area contributed by atoms with E-state index < -0.39 is 36.0 Å². The number of carboxylic acid groups (broad SMARTS) is 1. The van der Waals surface area contributed by atoms with Gasteiger partial charge in [0.2, 0.25) is 0 Å². The van der Waals surface area contributed by atoms with E-state index in [1.165, 1.54) is 18.2 Å². The Hall–Kier alpha value is -3.46. The van der Waals surface area contributed by atoms with Gasteiger partial charge >= 0.3 is 12.1 Å². The lowest BCUT2D eigenvalue weighted by Crippen LogP contribution is -2.08. The first-order chi connectivity index (χ1) is 16.6. The molecule has 2 aromatic carbocycles. The number of carbonyl (C=O) groups is 1. The summed E-state index contributed by atoms with van der Waals surface area (Å²) in [5.74, 6) is -3.02. The first-order valence-corrected chi connectivity index (χ1v) is 10.8. The molecule has 0 fully saturated rings. The van der Waals surface area contributed by atoms with Crippen molar-refractivity contribution in [1.82, 2.24) is 4.98 Å². The second kappa shape index (κ2) is 9.65. The van der Waals surface area contributed by atoms with Crippen LogP contribution >= 0.6 is 11.6 Å². The van der Waals surface area contributed by atoms with Crippen LogP contribution in [-0.4, -0.2) is 16.1 Å². The van der Waals surface area contributed by atoms with Crippen molar-refractivity contribution in [3.8, 4) is 5.75 Å². The number of nitrogens with zero attached hydrogens (tertiary/aromatic N) is 1. The zero-order chi connectivity index (χ0) is 25.3. The average molecular weight is 510 g/mol. The molecular weight excluding hydrogens is 493 g/mol. The molecule has 0 unspecified atom stereocenters. The Balaban J connectivity index is 1.82. The van der Waals surface area contributed by atoms with E-state index in [1.54, 1.807) is 0 Å². The van der Waals surface area contributed by atoms with E-state index in [0.717, 1.165) is 30.3 Å². The molecule has 1 heterocycles. The quantitative estimate of drug-likeness (QED) is 0.352. The molecule has 4 nitrogen and oxygen atoms in total. The maximum absolute atomic E-state index is 14.0. The topological polar surface area (TPSA) is 59.4 Å². The molecule has 3 aromatic rings. The normalized spacial score (nSPS) is 13.9. The summed E-state index contributed by atoms with van der Waals surface area (Å²) < 4.78 is 74.2. The number of hydrogen-bond acceptors (Lipinski definition) is 3. The van der Waals surface area contributed by atoms with Crippen LogP contribution in [0.25, 0.3) is 11.1 Å². The minimum Gasteiger partial charge on any atom is -0.488 e. The van der Waals surface area contributed by atoms with Crippen molar-refractivity contribution in [2.75, 3.05) is 0 Å². The molecule has 0 saturated heterocycles. The number of benzene rings is 2. The van der Waals surface area contributed by atoms with Crippen molar-refractivity contribution in [3.63, 3.8) is 0 Å². The SMILES string of the molecule is O=C(O)c1nc(C2=C(c3cc(C(F)(F)F)ccc3OCc3c(F)cccc3F)CCC2)ccc1Cl. The molecular formula is C25H17ClF5NO3. The van der Waals surface area contributed by atoms with E-state index in [0.29, 0.717) is 30.4 Å². The van der Waals surface area contributed by atoms with E-state index in [4.69, 9.17) is 16.3 Å². The molecule has 0 spiro atoms. The molecule has 0 aliphatic heterocycles. The maximum atomic E-state index is 14.0. The van der Waals surface area contributed by atoms with Crippen LogP contribution in [0.15, 0.2) is 48.5 Å². The van der Waals surface area contributed by atoms with Crippen molar-refractivity contribution in [2.24, 2.45) is 0 Å².